The second kappa shape index (κ2) is 13.6. The summed E-state index contributed by atoms with van der Waals surface area (Å²) in [4.78, 5) is 39.3. The number of nitrogens with one attached hydrogen (secondary N) is 1. The predicted octanol–water partition coefficient (Wildman–Crippen LogP) is 5.04. The molecule has 1 amide bonds. The Kier molecular flexibility index (Phi) is 9.44. The number of piperazine rings is 1. The highest BCUT2D eigenvalue weighted by Crippen LogP contribution is 2.23. The molecule has 42 heavy (non-hydrogen) atoms. The maximum atomic E-state index is 13.1. The Bertz CT molecular complexity index is 1500. The molecule has 0 saturated carbocycles. The highest BCUT2D eigenvalue weighted by atomic mass is 16.5. The molecule has 1 aliphatic rings. The molecule has 0 radical (unpaired) electrons. The lowest BCUT2D eigenvalue weighted by molar-refractivity contribution is -0.146. The van der Waals surface area contributed by atoms with Crippen LogP contribution in [0.5, 0.6) is 0 Å². The zero-order valence-electron chi connectivity index (χ0n) is 24.6. The van der Waals surface area contributed by atoms with Gasteiger partial charge in [-0.1, -0.05) is 80.6 Å². The summed E-state index contributed by atoms with van der Waals surface area (Å²) < 4.78 is 5.01. The van der Waals surface area contributed by atoms with Gasteiger partial charge in [-0.2, -0.15) is 0 Å². The van der Waals surface area contributed by atoms with Crippen molar-refractivity contribution in [2.45, 2.75) is 26.8 Å². The van der Waals surface area contributed by atoms with Crippen LogP contribution in [0, 0.1) is 11.8 Å². The van der Waals surface area contributed by atoms with Gasteiger partial charge in [0.1, 0.15) is 11.6 Å². The number of para-hydroxylation sites is 1. The SMILES string of the molecule is COC(=O)[C@@H](CNc1nc(CN2CCN(C(=O)Cc3ccc(-c4ccccc4)cc3)CC2)nc2ccccc12)C(C)C. The molecule has 1 atom stereocenters. The summed E-state index contributed by atoms with van der Waals surface area (Å²) >= 11 is 0. The Morgan fingerprint density at radius 3 is 2.21 bits per heavy atom. The normalized spacial score (nSPS) is 14.6. The molecule has 8 nitrogen and oxygen atoms in total. The third-order valence-corrected chi connectivity index (χ3v) is 7.95. The van der Waals surface area contributed by atoms with E-state index in [1.807, 2.05) is 73.3 Å². The molecule has 0 bridgehead atoms. The molecule has 0 unspecified atom stereocenters. The number of methoxy groups -OCH3 is 1. The van der Waals surface area contributed by atoms with E-state index in [1.54, 1.807) is 0 Å². The minimum atomic E-state index is -0.278. The molecule has 8 heteroatoms. The van der Waals surface area contributed by atoms with Crippen LogP contribution in [-0.4, -0.2) is 71.5 Å². The summed E-state index contributed by atoms with van der Waals surface area (Å²) in [6, 6.07) is 26.4. The highest BCUT2D eigenvalue weighted by Gasteiger charge is 2.25. The molecule has 1 N–H and O–H groups in total. The summed E-state index contributed by atoms with van der Waals surface area (Å²) in [5.74, 6) is 1.21. The van der Waals surface area contributed by atoms with E-state index in [4.69, 9.17) is 14.7 Å². The van der Waals surface area contributed by atoms with Crippen molar-refractivity contribution in [3.63, 3.8) is 0 Å². The Hall–Kier alpha value is -4.30. The minimum Gasteiger partial charge on any atom is -0.469 e. The Balaban J connectivity index is 1.18. The van der Waals surface area contributed by atoms with Gasteiger partial charge in [0.05, 0.1) is 31.5 Å². The van der Waals surface area contributed by atoms with Gasteiger partial charge < -0.3 is 15.0 Å². The minimum absolute atomic E-state index is 0.130. The van der Waals surface area contributed by atoms with Crippen LogP contribution in [-0.2, 0) is 27.3 Å². The number of nitrogens with zero attached hydrogens (tertiary/aromatic N) is 4. The first-order valence-corrected chi connectivity index (χ1v) is 14.6. The van der Waals surface area contributed by atoms with Crippen molar-refractivity contribution in [2.24, 2.45) is 11.8 Å². The average Bonchev–Trinajstić information content (AvgIpc) is 3.02. The van der Waals surface area contributed by atoms with E-state index in [2.05, 4.69) is 34.5 Å². The summed E-state index contributed by atoms with van der Waals surface area (Å²) in [6.07, 6.45) is 0.404. The molecule has 0 aliphatic carbocycles. The number of hydrogen-bond acceptors (Lipinski definition) is 7. The standard InChI is InChI=1S/C34H39N5O3/c1-24(2)29(34(41)42-3)22-35-33-28-11-7-8-12-30(28)36-31(37-33)23-38-17-19-39(20-18-38)32(40)21-25-13-15-27(16-14-25)26-9-5-4-6-10-26/h4-16,24,29H,17-23H2,1-3H3,(H,35,36,37)/t29-/m0/s1. The molecule has 2 heterocycles. The van der Waals surface area contributed by atoms with Gasteiger partial charge in [0.2, 0.25) is 5.91 Å². The number of anilines is 1. The first-order valence-electron chi connectivity index (χ1n) is 14.6. The molecular weight excluding hydrogens is 526 g/mol. The van der Waals surface area contributed by atoms with Crippen LogP contribution in [0.3, 0.4) is 0 Å². The Morgan fingerprint density at radius 2 is 1.52 bits per heavy atom. The number of benzene rings is 3. The molecule has 1 saturated heterocycles. The van der Waals surface area contributed by atoms with Crippen LogP contribution in [0.25, 0.3) is 22.0 Å². The lowest BCUT2D eigenvalue weighted by atomic mass is 9.96. The van der Waals surface area contributed by atoms with Crippen molar-refractivity contribution < 1.29 is 14.3 Å². The highest BCUT2D eigenvalue weighted by molar-refractivity contribution is 5.89. The molecule has 5 rings (SSSR count). The van der Waals surface area contributed by atoms with Crippen LogP contribution in [0.1, 0.15) is 25.2 Å². The molecule has 1 aromatic heterocycles. The molecule has 3 aromatic carbocycles. The van der Waals surface area contributed by atoms with Gasteiger partial charge in [-0.15, -0.1) is 0 Å². The number of ether oxygens (including phenoxy) is 1. The van der Waals surface area contributed by atoms with E-state index in [0.29, 0.717) is 38.4 Å². The largest absolute Gasteiger partial charge is 0.469 e. The maximum absolute atomic E-state index is 13.1. The Morgan fingerprint density at radius 1 is 0.857 bits per heavy atom. The predicted molar refractivity (Wildman–Crippen MR) is 166 cm³/mol. The van der Waals surface area contributed by atoms with Crippen LogP contribution in [0.15, 0.2) is 78.9 Å². The quantitative estimate of drug-likeness (QED) is 0.270. The van der Waals surface area contributed by atoms with Crippen LogP contribution in [0.2, 0.25) is 0 Å². The van der Waals surface area contributed by atoms with Gasteiger partial charge in [-0.3, -0.25) is 14.5 Å². The first kappa shape index (κ1) is 29.2. The van der Waals surface area contributed by atoms with Gasteiger partial charge in [0.15, 0.2) is 0 Å². The van der Waals surface area contributed by atoms with Gasteiger partial charge in [0.25, 0.3) is 0 Å². The second-order valence-corrected chi connectivity index (χ2v) is 11.2. The molecule has 1 fully saturated rings. The summed E-state index contributed by atoms with van der Waals surface area (Å²) in [6.45, 7) is 7.92. The Labute approximate surface area is 247 Å². The smallest absolute Gasteiger partial charge is 0.310 e. The van der Waals surface area contributed by atoms with Crippen molar-refractivity contribution in [3.05, 3.63) is 90.3 Å². The van der Waals surface area contributed by atoms with Crippen molar-refractivity contribution in [1.29, 1.82) is 0 Å². The number of carbonyl (C=O) groups is 2. The van der Waals surface area contributed by atoms with Crippen molar-refractivity contribution in [2.75, 3.05) is 45.2 Å². The molecule has 218 valence electrons. The van der Waals surface area contributed by atoms with Crippen molar-refractivity contribution >= 4 is 28.6 Å². The molecular formula is C34H39N5O3. The number of rotatable bonds is 10. The summed E-state index contributed by atoms with van der Waals surface area (Å²) in [5, 5.41) is 4.31. The molecule has 4 aromatic rings. The summed E-state index contributed by atoms with van der Waals surface area (Å²) in [7, 11) is 1.42. The lowest BCUT2D eigenvalue weighted by Gasteiger charge is -2.34. The van der Waals surface area contributed by atoms with Crippen LogP contribution in [0.4, 0.5) is 5.82 Å². The number of carbonyl (C=O) groups excluding carboxylic acids is 2. The number of aromatic nitrogens is 2. The first-order chi connectivity index (χ1) is 20.4. The van der Waals surface area contributed by atoms with Crippen LogP contribution < -0.4 is 5.32 Å². The van der Waals surface area contributed by atoms with Gasteiger partial charge in [0, 0.05) is 38.1 Å². The summed E-state index contributed by atoms with van der Waals surface area (Å²) in [5.41, 5.74) is 4.21. The van der Waals surface area contributed by atoms with Crippen LogP contribution >= 0.6 is 0 Å². The molecule has 0 spiro atoms. The monoisotopic (exact) mass is 565 g/mol. The second-order valence-electron chi connectivity index (χ2n) is 11.2. The van der Waals surface area contributed by atoms with E-state index in [0.717, 1.165) is 40.9 Å². The molecule has 1 aliphatic heterocycles. The number of hydrogen-bond donors (Lipinski definition) is 1. The fourth-order valence-electron chi connectivity index (χ4n) is 5.37. The van der Waals surface area contributed by atoms with E-state index in [1.165, 1.54) is 12.7 Å². The van der Waals surface area contributed by atoms with Crippen molar-refractivity contribution in [3.8, 4) is 11.1 Å². The van der Waals surface area contributed by atoms with Crippen molar-refractivity contribution in [1.82, 2.24) is 19.8 Å². The number of fused-ring (bicyclic) bond motifs is 1. The fraction of sp³-hybridized carbons (Fsp3) is 0.353. The van der Waals surface area contributed by atoms with E-state index < -0.39 is 0 Å². The fourth-order valence-corrected chi connectivity index (χ4v) is 5.37. The average molecular weight is 566 g/mol. The topological polar surface area (TPSA) is 87.7 Å². The third kappa shape index (κ3) is 7.12. The van der Waals surface area contributed by atoms with Gasteiger partial charge in [-0.25, -0.2) is 9.97 Å². The lowest BCUT2D eigenvalue weighted by Crippen LogP contribution is -2.48. The number of esters is 1. The maximum Gasteiger partial charge on any atom is 0.310 e. The zero-order valence-corrected chi connectivity index (χ0v) is 24.6. The van der Waals surface area contributed by atoms with E-state index >= 15 is 0 Å². The van der Waals surface area contributed by atoms with Gasteiger partial charge in [-0.05, 0) is 34.7 Å². The third-order valence-electron chi connectivity index (χ3n) is 7.95. The van der Waals surface area contributed by atoms with E-state index in [-0.39, 0.29) is 23.7 Å². The number of amides is 1. The zero-order chi connectivity index (χ0) is 29.5. The van der Waals surface area contributed by atoms with E-state index in [9.17, 15) is 9.59 Å². The van der Waals surface area contributed by atoms with Gasteiger partial charge >= 0.3 is 5.97 Å².